The van der Waals surface area contributed by atoms with E-state index in [1.54, 1.807) is 0 Å². The summed E-state index contributed by atoms with van der Waals surface area (Å²) in [4.78, 5) is 0. The molecule has 2 saturated carbocycles. The molecule has 2 aliphatic rings. The molecule has 76 valence electrons. The van der Waals surface area contributed by atoms with E-state index in [4.69, 9.17) is 4.74 Å². The maximum Gasteiger partial charge on any atom is 0.0806 e. The Hall–Kier alpha value is -0.0800. The number of hydrogen-bond acceptors (Lipinski definition) is 2. The fourth-order valence-corrected chi connectivity index (χ4v) is 2.32. The van der Waals surface area contributed by atoms with Crippen LogP contribution >= 0.6 is 0 Å². The van der Waals surface area contributed by atoms with Gasteiger partial charge in [-0.05, 0) is 32.6 Å². The number of rotatable bonds is 5. The normalized spacial score (nSPS) is 26.5. The Morgan fingerprint density at radius 1 is 1.31 bits per heavy atom. The number of ether oxygens (including phenoxy) is 1. The van der Waals surface area contributed by atoms with E-state index < -0.39 is 0 Å². The lowest BCUT2D eigenvalue weighted by Crippen LogP contribution is -2.41. The smallest absolute Gasteiger partial charge is 0.0806 e. The summed E-state index contributed by atoms with van der Waals surface area (Å²) in [7, 11) is 0. The van der Waals surface area contributed by atoms with Crippen molar-refractivity contribution >= 4 is 0 Å². The quantitative estimate of drug-likeness (QED) is 0.704. The van der Waals surface area contributed by atoms with Crippen molar-refractivity contribution in [2.75, 3.05) is 13.2 Å². The molecule has 0 radical (unpaired) electrons. The zero-order valence-electron chi connectivity index (χ0n) is 8.64. The van der Waals surface area contributed by atoms with Crippen LogP contribution < -0.4 is 5.32 Å². The lowest BCUT2D eigenvalue weighted by molar-refractivity contribution is -0.0328. The van der Waals surface area contributed by atoms with Crippen LogP contribution in [0.1, 0.15) is 45.4 Å². The van der Waals surface area contributed by atoms with E-state index in [1.165, 1.54) is 38.5 Å². The molecule has 0 spiro atoms. The van der Waals surface area contributed by atoms with Crippen LogP contribution in [0.4, 0.5) is 0 Å². The first-order valence-corrected chi connectivity index (χ1v) is 5.72. The van der Waals surface area contributed by atoms with Gasteiger partial charge in [-0.2, -0.15) is 0 Å². The van der Waals surface area contributed by atoms with Gasteiger partial charge in [-0.1, -0.05) is 12.8 Å². The zero-order chi connectivity index (χ0) is 9.15. The maximum atomic E-state index is 5.91. The number of hydrogen-bond donors (Lipinski definition) is 1. The molecule has 0 aliphatic heterocycles. The van der Waals surface area contributed by atoms with Gasteiger partial charge >= 0.3 is 0 Å². The lowest BCUT2D eigenvalue weighted by atomic mass is 10.0. The Kier molecular flexibility index (Phi) is 2.89. The van der Waals surface area contributed by atoms with Crippen molar-refractivity contribution in [2.45, 2.75) is 57.1 Å². The van der Waals surface area contributed by atoms with E-state index in [2.05, 4.69) is 12.2 Å². The number of nitrogens with one attached hydrogen (secondary N) is 1. The van der Waals surface area contributed by atoms with Gasteiger partial charge in [-0.15, -0.1) is 0 Å². The van der Waals surface area contributed by atoms with Crippen molar-refractivity contribution in [3.8, 4) is 0 Å². The summed E-state index contributed by atoms with van der Waals surface area (Å²) < 4.78 is 5.91. The van der Waals surface area contributed by atoms with E-state index in [9.17, 15) is 0 Å². The maximum absolute atomic E-state index is 5.91. The molecular weight excluding hydrogens is 162 g/mol. The Bertz CT molecular complexity index is 159. The Labute approximate surface area is 81.0 Å². The summed E-state index contributed by atoms with van der Waals surface area (Å²) >= 11 is 0. The van der Waals surface area contributed by atoms with Crippen molar-refractivity contribution in [2.24, 2.45) is 0 Å². The predicted molar refractivity (Wildman–Crippen MR) is 53.8 cm³/mol. The molecule has 1 N–H and O–H groups in total. The predicted octanol–water partition coefficient (Wildman–Crippen LogP) is 2.09. The largest absolute Gasteiger partial charge is 0.374 e. The van der Waals surface area contributed by atoms with Crippen molar-refractivity contribution < 1.29 is 4.74 Å². The summed E-state index contributed by atoms with van der Waals surface area (Å²) in [6.45, 7) is 4.06. The van der Waals surface area contributed by atoms with Gasteiger partial charge in [-0.25, -0.2) is 0 Å². The highest BCUT2D eigenvalue weighted by molar-refractivity contribution is 4.92. The van der Waals surface area contributed by atoms with Crippen molar-refractivity contribution in [1.82, 2.24) is 5.32 Å². The van der Waals surface area contributed by atoms with Crippen LogP contribution in [-0.4, -0.2) is 24.8 Å². The fraction of sp³-hybridized carbons (Fsp3) is 1.00. The first-order valence-electron chi connectivity index (χ1n) is 5.72. The van der Waals surface area contributed by atoms with E-state index in [-0.39, 0.29) is 5.60 Å². The van der Waals surface area contributed by atoms with Crippen LogP contribution in [0.2, 0.25) is 0 Å². The molecular formula is C11H21NO. The molecule has 2 fully saturated rings. The van der Waals surface area contributed by atoms with Crippen LogP contribution in [0.15, 0.2) is 0 Å². The van der Waals surface area contributed by atoms with Gasteiger partial charge in [0, 0.05) is 19.2 Å². The van der Waals surface area contributed by atoms with E-state index in [0.717, 1.165) is 19.2 Å². The summed E-state index contributed by atoms with van der Waals surface area (Å²) in [6.07, 6.45) is 7.99. The molecule has 13 heavy (non-hydrogen) atoms. The van der Waals surface area contributed by atoms with Crippen LogP contribution in [0.25, 0.3) is 0 Å². The minimum absolute atomic E-state index is 0.206. The van der Waals surface area contributed by atoms with Crippen LogP contribution in [0.3, 0.4) is 0 Å². The summed E-state index contributed by atoms with van der Waals surface area (Å²) in [6, 6.07) is 0.818. The van der Waals surface area contributed by atoms with Gasteiger partial charge in [0.25, 0.3) is 0 Å². The van der Waals surface area contributed by atoms with E-state index in [0.29, 0.717) is 0 Å². The molecule has 2 nitrogen and oxygen atoms in total. The van der Waals surface area contributed by atoms with Gasteiger partial charge in [0.2, 0.25) is 0 Å². The summed E-state index contributed by atoms with van der Waals surface area (Å²) in [5.74, 6) is 0. The van der Waals surface area contributed by atoms with Crippen LogP contribution in [0.5, 0.6) is 0 Å². The first kappa shape index (κ1) is 9.47. The van der Waals surface area contributed by atoms with E-state index in [1.807, 2.05) is 0 Å². The standard InChI is InChI=1S/C11H21NO/c1-2-13-11(7-3-4-8-11)9-12-10-5-6-10/h10,12H,2-9H2,1H3. The molecule has 2 aliphatic carbocycles. The molecule has 0 aromatic carbocycles. The van der Waals surface area contributed by atoms with Gasteiger partial charge < -0.3 is 10.1 Å². The molecule has 0 amide bonds. The van der Waals surface area contributed by atoms with Gasteiger partial charge in [0.05, 0.1) is 5.60 Å². The van der Waals surface area contributed by atoms with Gasteiger partial charge in [0.15, 0.2) is 0 Å². The third-order valence-electron chi connectivity index (χ3n) is 3.26. The van der Waals surface area contributed by atoms with Gasteiger partial charge in [0.1, 0.15) is 0 Å². The highest BCUT2D eigenvalue weighted by Gasteiger charge is 2.35. The first-order chi connectivity index (χ1) is 6.35. The monoisotopic (exact) mass is 183 g/mol. The molecule has 0 aromatic rings. The van der Waals surface area contributed by atoms with Crippen LogP contribution in [-0.2, 0) is 4.74 Å². The zero-order valence-corrected chi connectivity index (χ0v) is 8.64. The molecule has 0 aromatic heterocycles. The molecule has 0 bridgehead atoms. The molecule has 0 atom stereocenters. The molecule has 2 rings (SSSR count). The minimum Gasteiger partial charge on any atom is -0.374 e. The lowest BCUT2D eigenvalue weighted by Gasteiger charge is -2.29. The SMILES string of the molecule is CCOC1(CNC2CC2)CCCC1. The second kappa shape index (κ2) is 3.97. The molecule has 0 heterocycles. The fourth-order valence-electron chi connectivity index (χ4n) is 2.32. The van der Waals surface area contributed by atoms with Crippen molar-refractivity contribution in [3.63, 3.8) is 0 Å². The molecule has 0 unspecified atom stereocenters. The van der Waals surface area contributed by atoms with Gasteiger partial charge in [-0.3, -0.25) is 0 Å². The minimum atomic E-state index is 0.206. The highest BCUT2D eigenvalue weighted by atomic mass is 16.5. The summed E-state index contributed by atoms with van der Waals surface area (Å²) in [5, 5.41) is 3.60. The average molecular weight is 183 g/mol. The van der Waals surface area contributed by atoms with Crippen LogP contribution in [0, 0.1) is 0 Å². The Morgan fingerprint density at radius 3 is 2.54 bits per heavy atom. The Balaban J connectivity index is 1.79. The summed E-state index contributed by atoms with van der Waals surface area (Å²) in [5.41, 5.74) is 0.206. The third kappa shape index (κ3) is 2.44. The van der Waals surface area contributed by atoms with Crippen molar-refractivity contribution in [3.05, 3.63) is 0 Å². The third-order valence-corrected chi connectivity index (χ3v) is 3.26. The second-order valence-corrected chi connectivity index (χ2v) is 4.48. The Morgan fingerprint density at radius 2 is 2.00 bits per heavy atom. The highest BCUT2D eigenvalue weighted by Crippen LogP contribution is 2.33. The molecule has 0 saturated heterocycles. The average Bonchev–Trinajstić information content (AvgIpc) is 2.85. The second-order valence-electron chi connectivity index (χ2n) is 4.48. The molecule has 2 heteroatoms. The van der Waals surface area contributed by atoms with Crippen molar-refractivity contribution in [1.29, 1.82) is 0 Å². The topological polar surface area (TPSA) is 21.3 Å². The van der Waals surface area contributed by atoms with E-state index >= 15 is 0 Å².